The van der Waals surface area contributed by atoms with Gasteiger partial charge in [0.25, 0.3) is 5.91 Å². The normalized spacial score (nSPS) is 10.4. The smallest absolute Gasteiger partial charge is 0.255 e. The third kappa shape index (κ3) is 4.15. The highest BCUT2D eigenvalue weighted by molar-refractivity contribution is 9.10. The van der Waals surface area contributed by atoms with Crippen LogP contribution in [0.5, 0.6) is 0 Å². The zero-order valence-corrected chi connectivity index (χ0v) is 15.6. The molecule has 126 valence electrons. The quantitative estimate of drug-likeness (QED) is 0.655. The van der Waals surface area contributed by atoms with Crippen LogP contribution in [0, 0.1) is 0 Å². The summed E-state index contributed by atoms with van der Waals surface area (Å²) in [4.78, 5) is 22.3. The SMILES string of the molecule is CN(c1cncnc1)c1cc(NC(=O)c2cccc(Br)c2)ccc1Cl. The maximum absolute atomic E-state index is 12.4. The van der Waals surface area contributed by atoms with Gasteiger partial charge >= 0.3 is 0 Å². The van der Waals surface area contributed by atoms with Crippen molar-refractivity contribution in [1.82, 2.24) is 9.97 Å². The zero-order chi connectivity index (χ0) is 17.8. The molecule has 0 spiro atoms. The topological polar surface area (TPSA) is 58.1 Å². The second-order valence-electron chi connectivity index (χ2n) is 5.29. The number of hydrogen-bond donors (Lipinski definition) is 1. The molecule has 1 N–H and O–H groups in total. The number of benzene rings is 2. The third-order valence-electron chi connectivity index (χ3n) is 3.59. The Bertz CT molecular complexity index is 905. The Balaban J connectivity index is 1.85. The number of aromatic nitrogens is 2. The minimum absolute atomic E-state index is 0.194. The molecule has 0 radical (unpaired) electrons. The first-order valence-electron chi connectivity index (χ1n) is 7.40. The van der Waals surface area contributed by atoms with E-state index in [1.165, 1.54) is 6.33 Å². The van der Waals surface area contributed by atoms with Crippen LogP contribution in [0.4, 0.5) is 17.1 Å². The number of carbonyl (C=O) groups excluding carboxylic acids is 1. The molecule has 25 heavy (non-hydrogen) atoms. The monoisotopic (exact) mass is 416 g/mol. The van der Waals surface area contributed by atoms with E-state index >= 15 is 0 Å². The van der Waals surface area contributed by atoms with E-state index in [0.29, 0.717) is 16.3 Å². The molecule has 3 rings (SSSR count). The van der Waals surface area contributed by atoms with Crippen molar-refractivity contribution >= 4 is 50.5 Å². The molecule has 0 fully saturated rings. The van der Waals surface area contributed by atoms with Gasteiger partial charge in [0.1, 0.15) is 6.33 Å². The van der Waals surface area contributed by atoms with Crippen molar-refractivity contribution in [1.29, 1.82) is 0 Å². The number of carbonyl (C=O) groups is 1. The van der Waals surface area contributed by atoms with E-state index < -0.39 is 0 Å². The maximum Gasteiger partial charge on any atom is 0.255 e. The van der Waals surface area contributed by atoms with E-state index in [4.69, 9.17) is 11.6 Å². The number of amides is 1. The van der Waals surface area contributed by atoms with Gasteiger partial charge in [0, 0.05) is 22.8 Å². The van der Waals surface area contributed by atoms with Crippen molar-refractivity contribution in [3.8, 4) is 0 Å². The Morgan fingerprint density at radius 1 is 1.16 bits per heavy atom. The number of nitrogens with zero attached hydrogens (tertiary/aromatic N) is 3. The van der Waals surface area contributed by atoms with E-state index in [2.05, 4.69) is 31.2 Å². The Morgan fingerprint density at radius 3 is 2.64 bits per heavy atom. The van der Waals surface area contributed by atoms with Crippen LogP contribution in [0.3, 0.4) is 0 Å². The summed E-state index contributed by atoms with van der Waals surface area (Å²) in [6.07, 6.45) is 4.85. The lowest BCUT2D eigenvalue weighted by molar-refractivity contribution is 0.102. The number of rotatable bonds is 4. The zero-order valence-electron chi connectivity index (χ0n) is 13.3. The fourth-order valence-corrected chi connectivity index (χ4v) is 2.93. The van der Waals surface area contributed by atoms with E-state index in [-0.39, 0.29) is 5.91 Å². The van der Waals surface area contributed by atoms with Crippen molar-refractivity contribution in [3.05, 3.63) is 76.2 Å². The minimum atomic E-state index is -0.194. The van der Waals surface area contributed by atoms with Crippen LogP contribution in [0.25, 0.3) is 0 Å². The largest absolute Gasteiger partial charge is 0.341 e. The highest BCUT2D eigenvalue weighted by atomic mass is 79.9. The van der Waals surface area contributed by atoms with Gasteiger partial charge in [-0.3, -0.25) is 4.79 Å². The van der Waals surface area contributed by atoms with E-state index in [1.807, 2.05) is 30.1 Å². The number of nitrogens with one attached hydrogen (secondary N) is 1. The summed E-state index contributed by atoms with van der Waals surface area (Å²) in [5, 5.41) is 3.44. The van der Waals surface area contributed by atoms with Crippen molar-refractivity contribution in [3.63, 3.8) is 0 Å². The van der Waals surface area contributed by atoms with Crippen molar-refractivity contribution in [2.75, 3.05) is 17.3 Å². The molecule has 2 aromatic carbocycles. The van der Waals surface area contributed by atoms with Gasteiger partial charge in [-0.25, -0.2) is 9.97 Å². The van der Waals surface area contributed by atoms with Crippen LogP contribution in [0.1, 0.15) is 10.4 Å². The van der Waals surface area contributed by atoms with Crippen LogP contribution >= 0.6 is 27.5 Å². The van der Waals surface area contributed by atoms with Crippen LogP contribution in [-0.4, -0.2) is 22.9 Å². The Morgan fingerprint density at radius 2 is 1.92 bits per heavy atom. The number of anilines is 3. The fourth-order valence-electron chi connectivity index (χ4n) is 2.28. The first-order chi connectivity index (χ1) is 12.0. The van der Waals surface area contributed by atoms with Crippen LogP contribution in [0.2, 0.25) is 5.02 Å². The van der Waals surface area contributed by atoms with E-state index in [1.54, 1.807) is 36.7 Å². The number of hydrogen-bond acceptors (Lipinski definition) is 4. The summed E-state index contributed by atoms with van der Waals surface area (Å²) in [6.45, 7) is 0. The van der Waals surface area contributed by atoms with Gasteiger partial charge in [-0.1, -0.05) is 33.6 Å². The Hall–Kier alpha value is -2.44. The summed E-state index contributed by atoms with van der Waals surface area (Å²) in [6, 6.07) is 12.5. The van der Waals surface area contributed by atoms with Gasteiger partial charge < -0.3 is 10.2 Å². The van der Waals surface area contributed by atoms with Crippen molar-refractivity contribution in [2.45, 2.75) is 0 Å². The van der Waals surface area contributed by atoms with Crippen molar-refractivity contribution in [2.24, 2.45) is 0 Å². The molecule has 0 aliphatic rings. The summed E-state index contributed by atoms with van der Waals surface area (Å²) in [7, 11) is 1.86. The first-order valence-corrected chi connectivity index (χ1v) is 8.57. The molecule has 1 amide bonds. The predicted molar refractivity (Wildman–Crippen MR) is 104 cm³/mol. The summed E-state index contributed by atoms with van der Waals surface area (Å²) in [5.41, 5.74) is 2.74. The first kappa shape index (κ1) is 17.4. The molecule has 0 atom stereocenters. The standard InChI is InChI=1S/C18H14BrClN4O/c1-24(15-9-21-11-22-10-15)17-8-14(5-6-16(17)20)23-18(25)12-3-2-4-13(19)7-12/h2-11H,1H3,(H,23,25). The lowest BCUT2D eigenvalue weighted by Gasteiger charge is -2.20. The van der Waals surface area contributed by atoms with E-state index in [0.717, 1.165) is 15.8 Å². The lowest BCUT2D eigenvalue weighted by Crippen LogP contribution is -2.14. The van der Waals surface area contributed by atoms with Crippen molar-refractivity contribution < 1.29 is 4.79 Å². The predicted octanol–water partition coefficient (Wildman–Crippen LogP) is 4.91. The third-order valence-corrected chi connectivity index (χ3v) is 4.40. The average molecular weight is 418 g/mol. The second-order valence-corrected chi connectivity index (χ2v) is 6.61. The average Bonchev–Trinajstić information content (AvgIpc) is 2.63. The fraction of sp³-hybridized carbons (Fsp3) is 0.0556. The molecule has 5 nitrogen and oxygen atoms in total. The van der Waals surface area contributed by atoms with Gasteiger partial charge in [0.15, 0.2) is 0 Å². The van der Waals surface area contributed by atoms with Gasteiger partial charge in [-0.15, -0.1) is 0 Å². The van der Waals surface area contributed by atoms with Gasteiger partial charge in [-0.05, 0) is 36.4 Å². The lowest BCUT2D eigenvalue weighted by atomic mass is 10.2. The number of halogens is 2. The highest BCUT2D eigenvalue weighted by Crippen LogP contribution is 2.32. The molecule has 0 saturated carbocycles. The second kappa shape index (κ2) is 7.63. The van der Waals surface area contributed by atoms with Gasteiger partial charge in [0.2, 0.25) is 0 Å². The molecule has 1 aromatic heterocycles. The molecule has 0 aliphatic carbocycles. The highest BCUT2D eigenvalue weighted by Gasteiger charge is 2.12. The molecule has 1 heterocycles. The molecular formula is C18H14BrClN4O. The summed E-state index contributed by atoms with van der Waals surface area (Å²) < 4.78 is 0.848. The molecule has 0 aliphatic heterocycles. The Kier molecular flexibility index (Phi) is 5.31. The van der Waals surface area contributed by atoms with Gasteiger partial charge in [0.05, 0.1) is 28.8 Å². The molecule has 7 heteroatoms. The molecule has 0 bridgehead atoms. The molecule has 0 unspecified atom stereocenters. The molecular weight excluding hydrogens is 404 g/mol. The summed E-state index contributed by atoms with van der Waals surface area (Å²) in [5.74, 6) is -0.194. The van der Waals surface area contributed by atoms with Crippen LogP contribution in [0.15, 0.2) is 65.7 Å². The Labute approximate surface area is 158 Å². The van der Waals surface area contributed by atoms with Crippen LogP contribution in [-0.2, 0) is 0 Å². The maximum atomic E-state index is 12.4. The molecule has 0 saturated heterocycles. The van der Waals surface area contributed by atoms with E-state index in [9.17, 15) is 4.79 Å². The minimum Gasteiger partial charge on any atom is -0.341 e. The molecule has 3 aromatic rings. The van der Waals surface area contributed by atoms with Gasteiger partial charge in [-0.2, -0.15) is 0 Å². The van der Waals surface area contributed by atoms with Crippen LogP contribution < -0.4 is 10.2 Å². The summed E-state index contributed by atoms with van der Waals surface area (Å²) >= 11 is 9.68.